The highest BCUT2D eigenvalue weighted by Crippen LogP contribution is 2.23. The maximum Gasteiger partial charge on any atom is 0.243 e. The van der Waals surface area contributed by atoms with Gasteiger partial charge in [-0.15, -0.1) is 0 Å². The van der Waals surface area contributed by atoms with Crippen LogP contribution >= 0.6 is 0 Å². The van der Waals surface area contributed by atoms with Crippen molar-refractivity contribution in [2.24, 2.45) is 0 Å². The summed E-state index contributed by atoms with van der Waals surface area (Å²) in [5, 5.41) is 3.18. The van der Waals surface area contributed by atoms with Gasteiger partial charge in [0.2, 0.25) is 15.9 Å². The molecule has 26 heavy (non-hydrogen) atoms. The molecule has 1 aliphatic heterocycles. The topological polar surface area (TPSA) is 69.7 Å². The fraction of sp³-hybridized carbons (Fsp3) is 0.316. The summed E-state index contributed by atoms with van der Waals surface area (Å²) in [5.74, 6) is -0.170. The van der Waals surface area contributed by atoms with Crippen LogP contribution in [0.4, 0.5) is 0 Å². The number of sulfonamides is 1. The SMILES string of the molecule is CN(CC(=O)N1CCNCC1)S(=O)(=O)c1cccc(-c2ccccc2)c1. The van der Waals surface area contributed by atoms with Crippen LogP contribution in [0.5, 0.6) is 0 Å². The first-order valence-corrected chi connectivity index (χ1v) is 10.0. The summed E-state index contributed by atoms with van der Waals surface area (Å²) in [6.07, 6.45) is 0. The monoisotopic (exact) mass is 373 g/mol. The highest BCUT2D eigenvalue weighted by atomic mass is 32.2. The smallest absolute Gasteiger partial charge is 0.243 e. The Bertz CT molecular complexity index is 863. The van der Waals surface area contributed by atoms with Gasteiger partial charge in [0.25, 0.3) is 0 Å². The molecular formula is C19H23N3O3S. The first-order valence-electron chi connectivity index (χ1n) is 8.59. The lowest BCUT2D eigenvalue weighted by atomic mass is 10.1. The van der Waals surface area contributed by atoms with Gasteiger partial charge < -0.3 is 10.2 Å². The molecule has 1 saturated heterocycles. The van der Waals surface area contributed by atoms with Gasteiger partial charge in [-0.1, -0.05) is 42.5 Å². The zero-order valence-corrected chi connectivity index (χ0v) is 15.6. The number of carbonyl (C=O) groups is 1. The molecule has 1 aliphatic rings. The van der Waals surface area contributed by atoms with E-state index in [0.29, 0.717) is 13.1 Å². The van der Waals surface area contributed by atoms with Gasteiger partial charge in [0, 0.05) is 33.2 Å². The third-order valence-corrected chi connectivity index (χ3v) is 6.28. The molecule has 1 heterocycles. The third-order valence-electron chi connectivity index (χ3n) is 4.48. The molecule has 3 rings (SSSR count). The average molecular weight is 373 g/mol. The highest BCUT2D eigenvalue weighted by Gasteiger charge is 2.26. The minimum Gasteiger partial charge on any atom is -0.339 e. The molecule has 6 nitrogen and oxygen atoms in total. The first kappa shape index (κ1) is 18.6. The van der Waals surface area contributed by atoms with Crippen molar-refractivity contribution in [3.05, 3.63) is 54.6 Å². The number of likely N-dealkylation sites (N-methyl/N-ethyl adjacent to an activating group) is 1. The summed E-state index contributed by atoms with van der Waals surface area (Å²) in [4.78, 5) is 14.3. The van der Waals surface area contributed by atoms with Crippen LogP contribution in [0.15, 0.2) is 59.5 Å². The number of carbonyl (C=O) groups excluding carboxylic acids is 1. The molecule has 2 aromatic rings. The van der Waals surface area contributed by atoms with Crippen molar-refractivity contribution < 1.29 is 13.2 Å². The van der Waals surface area contributed by atoms with E-state index in [1.807, 2.05) is 36.4 Å². The number of piperazine rings is 1. The largest absolute Gasteiger partial charge is 0.339 e. The van der Waals surface area contributed by atoms with E-state index in [9.17, 15) is 13.2 Å². The number of hydrogen-bond donors (Lipinski definition) is 1. The number of nitrogens with zero attached hydrogens (tertiary/aromatic N) is 2. The Morgan fingerprint density at radius 1 is 1.04 bits per heavy atom. The van der Waals surface area contributed by atoms with E-state index in [2.05, 4.69) is 5.32 Å². The fourth-order valence-corrected chi connectivity index (χ4v) is 4.10. The molecule has 0 spiro atoms. The minimum absolute atomic E-state index is 0.155. The van der Waals surface area contributed by atoms with E-state index in [1.54, 1.807) is 23.1 Å². The van der Waals surface area contributed by atoms with E-state index in [4.69, 9.17) is 0 Å². The number of rotatable bonds is 5. The van der Waals surface area contributed by atoms with Crippen LogP contribution < -0.4 is 5.32 Å². The molecule has 0 saturated carbocycles. The summed E-state index contributed by atoms with van der Waals surface area (Å²) in [6, 6.07) is 16.4. The van der Waals surface area contributed by atoms with Crippen molar-refractivity contribution >= 4 is 15.9 Å². The van der Waals surface area contributed by atoms with Gasteiger partial charge in [-0.25, -0.2) is 8.42 Å². The Kier molecular flexibility index (Phi) is 5.70. The van der Waals surface area contributed by atoms with Crippen LogP contribution in [0.1, 0.15) is 0 Å². The maximum absolute atomic E-state index is 12.9. The maximum atomic E-state index is 12.9. The summed E-state index contributed by atoms with van der Waals surface area (Å²) in [7, 11) is -2.28. The molecule has 138 valence electrons. The summed E-state index contributed by atoms with van der Waals surface area (Å²) in [5.41, 5.74) is 1.78. The molecule has 0 atom stereocenters. The van der Waals surface area contributed by atoms with Crippen molar-refractivity contribution in [2.75, 3.05) is 39.8 Å². The quantitative estimate of drug-likeness (QED) is 0.860. The standard InChI is InChI=1S/C19H23N3O3S/c1-21(15-19(23)22-12-10-20-11-13-22)26(24,25)18-9-5-8-17(14-18)16-6-3-2-4-7-16/h2-9,14,20H,10-13,15H2,1H3. The molecule has 2 aromatic carbocycles. The summed E-state index contributed by atoms with van der Waals surface area (Å²) >= 11 is 0. The molecule has 1 N–H and O–H groups in total. The Morgan fingerprint density at radius 2 is 1.69 bits per heavy atom. The molecular weight excluding hydrogens is 350 g/mol. The zero-order valence-electron chi connectivity index (χ0n) is 14.8. The van der Waals surface area contributed by atoms with Gasteiger partial charge in [0.15, 0.2) is 0 Å². The van der Waals surface area contributed by atoms with Crippen molar-refractivity contribution in [1.29, 1.82) is 0 Å². The van der Waals surface area contributed by atoms with E-state index >= 15 is 0 Å². The predicted octanol–water partition coefficient (Wildman–Crippen LogP) is 1.41. The lowest BCUT2D eigenvalue weighted by molar-refractivity contribution is -0.131. The Balaban J connectivity index is 1.78. The van der Waals surface area contributed by atoms with Gasteiger partial charge in [-0.05, 0) is 23.3 Å². The van der Waals surface area contributed by atoms with Gasteiger partial charge in [-0.2, -0.15) is 4.31 Å². The molecule has 0 bridgehead atoms. The van der Waals surface area contributed by atoms with Gasteiger partial charge in [0.1, 0.15) is 0 Å². The summed E-state index contributed by atoms with van der Waals surface area (Å²) < 4.78 is 26.9. The lowest BCUT2D eigenvalue weighted by Crippen LogP contribution is -2.49. The Morgan fingerprint density at radius 3 is 2.38 bits per heavy atom. The highest BCUT2D eigenvalue weighted by molar-refractivity contribution is 7.89. The average Bonchev–Trinajstić information content (AvgIpc) is 2.69. The van der Waals surface area contributed by atoms with Crippen LogP contribution in [0.25, 0.3) is 11.1 Å². The minimum atomic E-state index is -3.73. The molecule has 0 radical (unpaired) electrons. The van der Waals surface area contributed by atoms with E-state index in [0.717, 1.165) is 28.5 Å². The van der Waals surface area contributed by atoms with Crippen LogP contribution in [0.3, 0.4) is 0 Å². The van der Waals surface area contributed by atoms with Crippen LogP contribution in [0, 0.1) is 0 Å². The van der Waals surface area contributed by atoms with Crippen molar-refractivity contribution in [3.63, 3.8) is 0 Å². The number of benzene rings is 2. The summed E-state index contributed by atoms with van der Waals surface area (Å²) in [6.45, 7) is 2.53. The Labute approximate surface area is 154 Å². The predicted molar refractivity (Wildman–Crippen MR) is 101 cm³/mol. The molecule has 7 heteroatoms. The number of amides is 1. The first-order chi connectivity index (χ1) is 12.5. The van der Waals surface area contributed by atoms with E-state index < -0.39 is 10.0 Å². The van der Waals surface area contributed by atoms with Gasteiger partial charge >= 0.3 is 0 Å². The number of nitrogens with one attached hydrogen (secondary N) is 1. The van der Waals surface area contributed by atoms with Crippen LogP contribution in [-0.2, 0) is 14.8 Å². The second-order valence-electron chi connectivity index (χ2n) is 6.29. The molecule has 0 unspecified atom stereocenters. The fourth-order valence-electron chi connectivity index (χ4n) is 2.94. The van der Waals surface area contributed by atoms with Crippen LogP contribution in [0.2, 0.25) is 0 Å². The third kappa shape index (κ3) is 4.12. The molecule has 1 fully saturated rings. The van der Waals surface area contributed by atoms with E-state index in [1.165, 1.54) is 7.05 Å². The van der Waals surface area contributed by atoms with Crippen molar-refractivity contribution in [1.82, 2.24) is 14.5 Å². The second-order valence-corrected chi connectivity index (χ2v) is 8.33. The second kappa shape index (κ2) is 7.99. The van der Waals surface area contributed by atoms with E-state index in [-0.39, 0.29) is 17.3 Å². The number of hydrogen-bond acceptors (Lipinski definition) is 4. The molecule has 0 aliphatic carbocycles. The zero-order chi connectivity index (χ0) is 18.6. The van der Waals surface area contributed by atoms with Crippen molar-refractivity contribution in [3.8, 4) is 11.1 Å². The molecule has 1 amide bonds. The van der Waals surface area contributed by atoms with Gasteiger partial charge in [-0.3, -0.25) is 4.79 Å². The molecule has 0 aromatic heterocycles. The van der Waals surface area contributed by atoms with Gasteiger partial charge in [0.05, 0.1) is 11.4 Å². The lowest BCUT2D eigenvalue weighted by Gasteiger charge is -2.29. The van der Waals surface area contributed by atoms with Crippen LogP contribution in [-0.4, -0.2) is 63.3 Å². The normalized spacial score (nSPS) is 15.2. The van der Waals surface area contributed by atoms with Crippen molar-refractivity contribution in [2.45, 2.75) is 4.90 Å². The Hall–Kier alpha value is -2.22.